The van der Waals surface area contributed by atoms with Crippen LogP contribution in [-0.4, -0.2) is 19.5 Å². The Morgan fingerprint density at radius 3 is 0.917 bits per heavy atom. The standard InChI is InChI=1S/C16H12Cl8/c17-9-11(19)15(23)3-13(9,21)5-1-6-8(2-7(5)15)16(24)4-14(6,22)10(18)12(16)20/h5-8H,1-4H2. The molecule has 24 heavy (non-hydrogen) atoms. The summed E-state index contributed by atoms with van der Waals surface area (Å²) in [6, 6.07) is 0. The molecule has 3 saturated carbocycles. The summed E-state index contributed by atoms with van der Waals surface area (Å²) in [7, 11) is 0. The summed E-state index contributed by atoms with van der Waals surface area (Å²) in [6.07, 6.45) is 2.67. The first-order valence-electron chi connectivity index (χ1n) is 7.88. The second kappa shape index (κ2) is 4.85. The van der Waals surface area contributed by atoms with E-state index in [0.29, 0.717) is 33.0 Å². The minimum absolute atomic E-state index is 0.117. The lowest BCUT2D eigenvalue weighted by Crippen LogP contribution is -2.49. The van der Waals surface area contributed by atoms with Crippen LogP contribution in [0.2, 0.25) is 0 Å². The highest BCUT2D eigenvalue weighted by molar-refractivity contribution is 6.52. The number of hydrogen-bond acceptors (Lipinski definition) is 0. The minimum Gasteiger partial charge on any atom is -0.113 e. The molecule has 0 amide bonds. The molecule has 0 aromatic rings. The molecule has 0 aliphatic heterocycles. The Morgan fingerprint density at radius 1 is 0.500 bits per heavy atom. The maximum atomic E-state index is 6.94. The molecule has 5 aliphatic carbocycles. The van der Waals surface area contributed by atoms with Crippen molar-refractivity contribution in [3.63, 3.8) is 0 Å². The van der Waals surface area contributed by atoms with Crippen molar-refractivity contribution in [3.05, 3.63) is 20.1 Å². The van der Waals surface area contributed by atoms with Gasteiger partial charge in [-0.05, 0) is 49.4 Å². The first kappa shape index (κ1) is 17.9. The van der Waals surface area contributed by atoms with E-state index in [2.05, 4.69) is 0 Å². The summed E-state index contributed by atoms with van der Waals surface area (Å²) in [5, 5.41) is 1.97. The molecule has 0 spiro atoms. The van der Waals surface area contributed by atoms with E-state index in [0.717, 1.165) is 12.8 Å². The zero-order valence-electron chi connectivity index (χ0n) is 12.2. The summed E-state index contributed by atoms with van der Waals surface area (Å²) in [4.78, 5) is -2.82. The lowest BCUT2D eigenvalue weighted by molar-refractivity contribution is 0.111. The van der Waals surface area contributed by atoms with Crippen molar-refractivity contribution >= 4 is 92.8 Å². The van der Waals surface area contributed by atoms with Crippen LogP contribution < -0.4 is 0 Å². The van der Waals surface area contributed by atoms with E-state index >= 15 is 0 Å². The third-order valence-electron chi connectivity index (χ3n) is 7.21. The molecule has 0 nitrogen and oxygen atoms in total. The van der Waals surface area contributed by atoms with Crippen LogP contribution in [0.4, 0.5) is 0 Å². The Labute approximate surface area is 180 Å². The van der Waals surface area contributed by atoms with Crippen LogP contribution in [0, 0.1) is 23.7 Å². The van der Waals surface area contributed by atoms with Gasteiger partial charge in [0.1, 0.15) is 0 Å². The van der Waals surface area contributed by atoms with E-state index in [1.165, 1.54) is 0 Å². The van der Waals surface area contributed by atoms with E-state index in [1.807, 2.05) is 0 Å². The number of rotatable bonds is 0. The Morgan fingerprint density at radius 2 is 0.708 bits per heavy atom. The average Bonchev–Trinajstić information content (AvgIpc) is 3.05. The summed E-state index contributed by atoms with van der Waals surface area (Å²) in [5.74, 6) is 0.468. The van der Waals surface area contributed by atoms with Crippen molar-refractivity contribution < 1.29 is 0 Å². The summed E-state index contributed by atoms with van der Waals surface area (Å²) in [5.41, 5.74) is 0. The van der Waals surface area contributed by atoms with Gasteiger partial charge in [-0.1, -0.05) is 46.4 Å². The molecule has 0 radical (unpaired) electrons. The van der Waals surface area contributed by atoms with Crippen LogP contribution in [0.5, 0.6) is 0 Å². The quantitative estimate of drug-likeness (QED) is 0.313. The van der Waals surface area contributed by atoms with E-state index in [1.54, 1.807) is 0 Å². The number of hydrogen-bond donors (Lipinski definition) is 0. The highest BCUT2D eigenvalue weighted by Gasteiger charge is 2.76. The normalized spacial score (nSPS) is 61.0. The minimum atomic E-state index is -0.704. The van der Waals surface area contributed by atoms with Gasteiger partial charge in [0.05, 0.1) is 39.6 Å². The molecular weight excluding hydrogens is 476 g/mol. The molecule has 5 rings (SSSR count). The summed E-state index contributed by atoms with van der Waals surface area (Å²) < 4.78 is 0. The molecule has 0 aromatic heterocycles. The molecule has 4 bridgehead atoms. The van der Waals surface area contributed by atoms with Crippen molar-refractivity contribution in [3.8, 4) is 0 Å². The fourth-order valence-corrected chi connectivity index (χ4v) is 10.2. The lowest BCUT2D eigenvalue weighted by Gasteiger charge is -2.50. The second-order valence-corrected chi connectivity index (χ2v) is 12.2. The Hall–Kier alpha value is 1.80. The molecule has 8 unspecified atom stereocenters. The molecule has 5 aliphatic rings. The van der Waals surface area contributed by atoms with Crippen LogP contribution >= 0.6 is 92.8 Å². The van der Waals surface area contributed by atoms with Gasteiger partial charge in [-0.25, -0.2) is 0 Å². The largest absolute Gasteiger partial charge is 0.113 e. The zero-order chi connectivity index (χ0) is 17.4. The van der Waals surface area contributed by atoms with Crippen LogP contribution in [0.3, 0.4) is 0 Å². The van der Waals surface area contributed by atoms with Gasteiger partial charge in [-0.15, -0.1) is 46.4 Å². The highest BCUT2D eigenvalue weighted by Crippen LogP contribution is 2.78. The fourth-order valence-electron chi connectivity index (χ4n) is 6.19. The Kier molecular flexibility index (Phi) is 3.61. The molecule has 132 valence electrons. The number of alkyl halides is 4. The maximum absolute atomic E-state index is 6.94. The summed E-state index contributed by atoms with van der Waals surface area (Å²) in [6.45, 7) is 0. The number of halogens is 8. The van der Waals surface area contributed by atoms with Crippen molar-refractivity contribution in [2.45, 2.75) is 45.2 Å². The first-order valence-corrected chi connectivity index (χ1v) is 10.9. The first-order chi connectivity index (χ1) is 11.0. The van der Waals surface area contributed by atoms with Crippen molar-refractivity contribution in [2.24, 2.45) is 23.7 Å². The third kappa shape index (κ3) is 1.68. The van der Waals surface area contributed by atoms with Gasteiger partial charge < -0.3 is 0 Å². The van der Waals surface area contributed by atoms with E-state index in [9.17, 15) is 0 Å². The number of allylic oxidation sites excluding steroid dienone is 4. The van der Waals surface area contributed by atoms with Crippen LogP contribution in [0.25, 0.3) is 0 Å². The monoisotopic (exact) mass is 484 g/mol. The van der Waals surface area contributed by atoms with E-state index in [-0.39, 0.29) is 23.7 Å². The van der Waals surface area contributed by atoms with Crippen LogP contribution in [-0.2, 0) is 0 Å². The molecule has 3 fully saturated rings. The molecule has 0 N–H and O–H groups in total. The van der Waals surface area contributed by atoms with Gasteiger partial charge in [-0.2, -0.15) is 0 Å². The van der Waals surface area contributed by atoms with Gasteiger partial charge in [-0.3, -0.25) is 0 Å². The predicted octanol–water partition coefficient (Wildman–Crippen LogP) is 7.37. The van der Waals surface area contributed by atoms with E-state index < -0.39 is 19.5 Å². The number of fused-ring (bicyclic) bond motifs is 10. The smallest absolute Gasteiger partial charge is 0.0865 e. The van der Waals surface area contributed by atoms with Gasteiger partial charge in [0.2, 0.25) is 0 Å². The van der Waals surface area contributed by atoms with Gasteiger partial charge in [0, 0.05) is 0 Å². The van der Waals surface area contributed by atoms with Crippen molar-refractivity contribution in [2.75, 3.05) is 0 Å². The third-order valence-corrected chi connectivity index (χ3v) is 12.3. The Bertz CT molecular complexity index is 626. The molecule has 0 aromatic carbocycles. The molecule has 0 saturated heterocycles. The molecule has 8 atom stereocenters. The zero-order valence-corrected chi connectivity index (χ0v) is 18.2. The molecule has 0 heterocycles. The predicted molar refractivity (Wildman–Crippen MR) is 104 cm³/mol. The van der Waals surface area contributed by atoms with Gasteiger partial charge in [0.25, 0.3) is 0 Å². The lowest BCUT2D eigenvalue weighted by atomic mass is 9.61. The Balaban J connectivity index is 1.63. The molecule has 8 heteroatoms. The van der Waals surface area contributed by atoms with E-state index in [4.69, 9.17) is 92.8 Å². The van der Waals surface area contributed by atoms with Crippen molar-refractivity contribution in [1.29, 1.82) is 0 Å². The molecular formula is C16H12Cl8. The second-order valence-electron chi connectivity index (χ2n) is 7.96. The summed E-state index contributed by atoms with van der Waals surface area (Å²) >= 11 is 53.6. The average molecular weight is 488 g/mol. The van der Waals surface area contributed by atoms with Gasteiger partial charge >= 0.3 is 0 Å². The van der Waals surface area contributed by atoms with Crippen LogP contribution in [0.1, 0.15) is 25.7 Å². The highest BCUT2D eigenvalue weighted by atomic mass is 35.5. The van der Waals surface area contributed by atoms with Crippen LogP contribution in [0.15, 0.2) is 20.1 Å². The maximum Gasteiger partial charge on any atom is 0.0865 e. The fraction of sp³-hybridized carbons (Fsp3) is 0.750. The topological polar surface area (TPSA) is 0 Å². The van der Waals surface area contributed by atoms with Gasteiger partial charge in [0.15, 0.2) is 0 Å². The van der Waals surface area contributed by atoms with Crippen molar-refractivity contribution in [1.82, 2.24) is 0 Å². The SMILES string of the molecule is ClC1=C(Cl)C2(Cl)CC1(Cl)C1CC3C(CC12)C1(Cl)CC3(Cl)C(Cl)=C1Cl.